The molecule has 1 amide bonds. The van der Waals surface area contributed by atoms with Gasteiger partial charge in [-0.3, -0.25) is 9.69 Å². The largest absolute Gasteiger partial charge is 0.336 e. The molecule has 0 aliphatic carbocycles. The summed E-state index contributed by atoms with van der Waals surface area (Å²) >= 11 is 0. The summed E-state index contributed by atoms with van der Waals surface area (Å²) < 4.78 is 1.90. The predicted molar refractivity (Wildman–Crippen MR) is 115 cm³/mol. The highest BCUT2D eigenvalue weighted by Gasteiger charge is 2.24. The molecule has 1 aliphatic heterocycles. The molecule has 4 rings (SSSR count). The zero-order valence-corrected chi connectivity index (χ0v) is 17.7. The van der Waals surface area contributed by atoms with Gasteiger partial charge in [0.05, 0.1) is 17.5 Å². The van der Waals surface area contributed by atoms with E-state index in [2.05, 4.69) is 55.0 Å². The number of nitrogens with zero attached hydrogens (tertiary/aromatic N) is 5. The zero-order valence-electron chi connectivity index (χ0n) is 17.7. The van der Waals surface area contributed by atoms with Crippen LogP contribution in [0.2, 0.25) is 0 Å². The smallest absolute Gasteiger partial charge is 0.255 e. The molecule has 1 aliphatic rings. The second-order valence-electron chi connectivity index (χ2n) is 8.27. The van der Waals surface area contributed by atoms with Crippen molar-refractivity contribution in [1.82, 2.24) is 24.6 Å². The van der Waals surface area contributed by atoms with Gasteiger partial charge >= 0.3 is 0 Å². The Bertz CT molecular complexity index is 1030. The van der Waals surface area contributed by atoms with Crippen molar-refractivity contribution in [3.8, 4) is 0 Å². The summed E-state index contributed by atoms with van der Waals surface area (Å²) in [5.41, 5.74) is 4.92. The number of pyridine rings is 1. The van der Waals surface area contributed by atoms with Crippen LogP contribution < -0.4 is 0 Å². The van der Waals surface area contributed by atoms with Crippen LogP contribution in [-0.2, 0) is 6.54 Å². The maximum atomic E-state index is 13.2. The predicted octanol–water partition coefficient (Wildman–Crippen LogP) is 3.59. The molecule has 0 saturated carbocycles. The minimum atomic E-state index is 0.0735. The van der Waals surface area contributed by atoms with Gasteiger partial charge in [0, 0.05) is 44.2 Å². The van der Waals surface area contributed by atoms with E-state index < -0.39 is 0 Å². The molecule has 0 bridgehead atoms. The van der Waals surface area contributed by atoms with Crippen LogP contribution in [0.15, 0.2) is 36.5 Å². The van der Waals surface area contributed by atoms with Gasteiger partial charge in [-0.2, -0.15) is 5.10 Å². The van der Waals surface area contributed by atoms with Crippen molar-refractivity contribution < 1.29 is 4.79 Å². The molecule has 6 heteroatoms. The molecule has 1 fully saturated rings. The molecule has 6 nitrogen and oxygen atoms in total. The maximum Gasteiger partial charge on any atom is 0.255 e. The first-order valence-corrected chi connectivity index (χ1v) is 10.3. The van der Waals surface area contributed by atoms with Crippen LogP contribution in [0.4, 0.5) is 0 Å². The van der Waals surface area contributed by atoms with E-state index in [0.717, 1.165) is 49.5 Å². The van der Waals surface area contributed by atoms with Gasteiger partial charge in [-0.15, -0.1) is 0 Å². The van der Waals surface area contributed by atoms with Crippen LogP contribution in [0, 0.1) is 13.8 Å². The van der Waals surface area contributed by atoms with E-state index in [4.69, 9.17) is 4.98 Å². The summed E-state index contributed by atoms with van der Waals surface area (Å²) in [4.78, 5) is 22.2. The van der Waals surface area contributed by atoms with E-state index in [1.165, 1.54) is 11.1 Å². The molecule has 0 unspecified atom stereocenters. The van der Waals surface area contributed by atoms with Crippen molar-refractivity contribution in [1.29, 1.82) is 0 Å². The van der Waals surface area contributed by atoms with Crippen LogP contribution in [0.25, 0.3) is 11.0 Å². The third-order valence-electron chi connectivity index (χ3n) is 5.63. The lowest BCUT2D eigenvalue weighted by molar-refractivity contribution is 0.0627. The van der Waals surface area contributed by atoms with Gasteiger partial charge in [0.25, 0.3) is 5.91 Å². The van der Waals surface area contributed by atoms with E-state index in [1.807, 2.05) is 22.6 Å². The molecular formula is C23H29N5O. The summed E-state index contributed by atoms with van der Waals surface area (Å²) in [5.74, 6) is 0.0735. The topological polar surface area (TPSA) is 54.3 Å². The standard InChI is InChI=1S/C23H29N5O/c1-16(2)28-22-20(14-24-28)13-21(18(4)25-22)23(29)27-10-8-26(9-11-27)15-19-7-5-6-17(3)12-19/h5-7,12-14,16H,8-11,15H2,1-4H3. The first kappa shape index (κ1) is 19.6. The van der Waals surface area contributed by atoms with Gasteiger partial charge in [0.2, 0.25) is 0 Å². The molecule has 29 heavy (non-hydrogen) atoms. The van der Waals surface area contributed by atoms with Gasteiger partial charge in [-0.05, 0) is 39.3 Å². The lowest BCUT2D eigenvalue weighted by Gasteiger charge is -2.35. The third-order valence-corrected chi connectivity index (χ3v) is 5.63. The Morgan fingerprint density at radius 3 is 2.55 bits per heavy atom. The number of hydrogen-bond acceptors (Lipinski definition) is 4. The van der Waals surface area contributed by atoms with Crippen molar-refractivity contribution in [2.24, 2.45) is 0 Å². The fraction of sp³-hybridized carbons (Fsp3) is 0.435. The number of aryl methyl sites for hydroxylation is 2. The van der Waals surface area contributed by atoms with E-state index >= 15 is 0 Å². The molecule has 3 aromatic rings. The van der Waals surface area contributed by atoms with E-state index in [0.29, 0.717) is 5.56 Å². The molecule has 0 N–H and O–H groups in total. The number of carbonyl (C=O) groups is 1. The second kappa shape index (κ2) is 7.95. The SMILES string of the molecule is Cc1cccc(CN2CCN(C(=O)c3cc4cnn(C(C)C)c4nc3C)CC2)c1. The summed E-state index contributed by atoms with van der Waals surface area (Å²) in [6, 6.07) is 10.8. The Balaban J connectivity index is 1.45. The molecule has 0 spiro atoms. The fourth-order valence-corrected chi connectivity index (χ4v) is 4.01. The van der Waals surface area contributed by atoms with E-state index in [-0.39, 0.29) is 11.9 Å². The highest BCUT2D eigenvalue weighted by atomic mass is 16.2. The number of fused-ring (bicyclic) bond motifs is 1. The maximum absolute atomic E-state index is 13.2. The highest BCUT2D eigenvalue weighted by molar-refractivity contribution is 5.98. The minimum Gasteiger partial charge on any atom is -0.336 e. The van der Waals surface area contributed by atoms with Crippen molar-refractivity contribution in [3.63, 3.8) is 0 Å². The number of amides is 1. The molecule has 3 heterocycles. The third kappa shape index (κ3) is 4.03. The molecule has 1 aromatic carbocycles. The summed E-state index contributed by atoms with van der Waals surface area (Å²) in [5, 5.41) is 5.35. The average molecular weight is 392 g/mol. The molecule has 152 valence electrons. The van der Waals surface area contributed by atoms with Gasteiger partial charge in [-0.25, -0.2) is 9.67 Å². The van der Waals surface area contributed by atoms with Gasteiger partial charge in [0.15, 0.2) is 5.65 Å². The van der Waals surface area contributed by atoms with Crippen LogP contribution in [0.3, 0.4) is 0 Å². The summed E-state index contributed by atoms with van der Waals surface area (Å²) in [7, 11) is 0. The first-order valence-electron chi connectivity index (χ1n) is 10.3. The molecule has 2 aromatic heterocycles. The Hall–Kier alpha value is -2.73. The van der Waals surface area contributed by atoms with Crippen LogP contribution in [0.1, 0.15) is 47.1 Å². The fourth-order valence-electron chi connectivity index (χ4n) is 4.01. The van der Waals surface area contributed by atoms with Crippen LogP contribution >= 0.6 is 0 Å². The minimum absolute atomic E-state index is 0.0735. The van der Waals surface area contributed by atoms with E-state index in [9.17, 15) is 4.79 Å². The van der Waals surface area contributed by atoms with Crippen LogP contribution in [0.5, 0.6) is 0 Å². The van der Waals surface area contributed by atoms with Crippen molar-refractivity contribution in [3.05, 3.63) is 58.9 Å². The molecule has 0 radical (unpaired) electrons. The van der Waals surface area contributed by atoms with Gasteiger partial charge in [-0.1, -0.05) is 29.8 Å². The van der Waals surface area contributed by atoms with Gasteiger partial charge < -0.3 is 4.90 Å². The molecule has 1 saturated heterocycles. The second-order valence-corrected chi connectivity index (χ2v) is 8.27. The number of rotatable bonds is 4. The van der Waals surface area contributed by atoms with Crippen molar-refractivity contribution in [2.45, 2.75) is 40.3 Å². The lowest BCUT2D eigenvalue weighted by atomic mass is 10.1. The summed E-state index contributed by atoms with van der Waals surface area (Å²) in [6.07, 6.45) is 1.80. The number of aromatic nitrogens is 3. The first-order chi connectivity index (χ1) is 13.9. The van der Waals surface area contributed by atoms with Gasteiger partial charge in [0.1, 0.15) is 0 Å². The number of benzene rings is 1. The zero-order chi connectivity index (χ0) is 20.5. The Morgan fingerprint density at radius 2 is 1.86 bits per heavy atom. The highest BCUT2D eigenvalue weighted by Crippen LogP contribution is 2.21. The lowest BCUT2D eigenvalue weighted by Crippen LogP contribution is -2.48. The normalized spacial score (nSPS) is 15.4. The number of hydrogen-bond donors (Lipinski definition) is 0. The number of piperazine rings is 1. The van der Waals surface area contributed by atoms with E-state index in [1.54, 1.807) is 6.20 Å². The average Bonchev–Trinajstić information content (AvgIpc) is 3.10. The summed E-state index contributed by atoms with van der Waals surface area (Å²) in [6.45, 7) is 12.4. The monoisotopic (exact) mass is 391 g/mol. The number of carbonyl (C=O) groups excluding carboxylic acids is 1. The Labute approximate surface area is 172 Å². The quantitative estimate of drug-likeness (QED) is 0.682. The Kier molecular flexibility index (Phi) is 5.37. The van der Waals surface area contributed by atoms with Crippen molar-refractivity contribution in [2.75, 3.05) is 26.2 Å². The van der Waals surface area contributed by atoms with Crippen LogP contribution in [-0.4, -0.2) is 56.7 Å². The van der Waals surface area contributed by atoms with Crippen molar-refractivity contribution >= 4 is 16.9 Å². The Morgan fingerprint density at radius 1 is 1.10 bits per heavy atom. The molecular weight excluding hydrogens is 362 g/mol. The molecule has 0 atom stereocenters.